The van der Waals surface area contributed by atoms with Crippen LogP contribution >= 0.6 is 0 Å². The lowest BCUT2D eigenvalue weighted by molar-refractivity contribution is -0.275. The summed E-state index contributed by atoms with van der Waals surface area (Å²) in [6.07, 6.45) is 7.46. The first kappa shape index (κ1) is 23.1. The van der Waals surface area contributed by atoms with E-state index in [1.165, 1.54) is 44.6 Å². The number of rotatable bonds is 6. The third-order valence-corrected chi connectivity index (χ3v) is 7.42. The number of allylic oxidation sites excluding steroid dienone is 1. The Bertz CT molecular complexity index is 726. The lowest BCUT2D eigenvalue weighted by atomic mass is 9.58. The maximum atomic E-state index is 14.5. The van der Waals surface area contributed by atoms with Gasteiger partial charge in [-0.05, 0) is 73.3 Å². The minimum atomic E-state index is -5.06. The average Bonchev–Trinajstić information content (AvgIpc) is 2.72. The number of halogens is 5. The molecule has 2 aliphatic rings. The average molecular weight is 431 g/mol. The van der Waals surface area contributed by atoms with E-state index in [1.54, 1.807) is 0 Å². The number of alkyl halides is 3. The van der Waals surface area contributed by atoms with Crippen molar-refractivity contribution in [1.82, 2.24) is 0 Å². The van der Waals surface area contributed by atoms with Crippen molar-refractivity contribution in [3.8, 4) is 5.75 Å². The lowest BCUT2D eigenvalue weighted by Gasteiger charge is -2.46. The molecule has 0 heterocycles. The summed E-state index contributed by atoms with van der Waals surface area (Å²) in [7, 11) is 0. The number of hydrogen-bond donors (Lipinski definition) is 0. The van der Waals surface area contributed by atoms with Crippen molar-refractivity contribution in [2.45, 2.75) is 83.4 Å². The van der Waals surface area contributed by atoms with E-state index >= 15 is 0 Å². The van der Waals surface area contributed by atoms with Crippen LogP contribution in [0.15, 0.2) is 24.8 Å². The summed E-state index contributed by atoms with van der Waals surface area (Å²) in [5, 5.41) is 0. The van der Waals surface area contributed by atoms with E-state index in [0.717, 1.165) is 24.8 Å². The SMILES string of the molecule is C=CC1([C@H]2CC[C@H](CCC)CC2)CCC(c2ccc(OC(F)(F)F)c(F)c2F)CC1. The van der Waals surface area contributed by atoms with Gasteiger partial charge in [-0.25, -0.2) is 4.39 Å². The zero-order valence-corrected chi connectivity index (χ0v) is 17.5. The molecule has 3 rings (SSSR count). The highest BCUT2D eigenvalue weighted by Crippen LogP contribution is 2.53. The fraction of sp³-hybridized carbons (Fsp3) is 0.667. The highest BCUT2D eigenvalue weighted by atomic mass is 19.4. The van der Waals surface area contributed by atoms with E-state index in [1.807, 2.05) is 0 Å². The van der Waals surface area contributed by atoms with Crippen LogP contribution in [0.25, 0.3) is 0 Å². The first-order valence-corrected chi connectivity index (χ1v) is 11.1. The van der Waals surface area contributed by atoms with Crippen LogP contribution < -0.4 is 4.74 Å². The van der Waals surface area contributed by atoms with E-state index in [9.17, 15) is 22.0 Å². The summed E-state index contributed by atoms with van der Waals surface area (Å²) in [4.78, 5) is 0. The molecular weight excluding hydrogens is 399 g/mol. The Kier molecular flexibility index (Phi) is 7.13. The first-order valence-electron chi connectivity index (χ1n) is 11.1. The van der Waals surface area contributed by atoms with Gasteiger partial charge in [-0.1, -0.05) is 44.7 Å². The number of benzene rings is 1. The topological polar surface area (TPSA) is 9.23 Å². The summed E-state index contributed by atoms with van der Waals surface area (Å²) in [5.41, 5.74) is 0.175. The third-order valence-electron chi connectivity index (χ3n) is 7.42. The molecule has 0 atom stereocenters. The number of ether oxygens (including phenoxy) is 1. The molecule has 0 radical (unpaired) electrons. The Morgan fingerprint density at radius 2 is 1.67 bits per heavy atom. The van der Waals surface area contributed by atoms with Crippen molar-refractivity contribution in [3.63, 3.8) is 0 Å². The maximum absolute atomic E-state index is 14.5. The second kappa shape index (κ2) is 9.27. The molecule has 0 N–H and O–H groups in total. The van der Waals surface area contributed by atoms with Gasteiger partial charge in [-0.3, -0.25) is 0 Å². The first-order chi connectivity index (χ1) is 14.2. The van der Waals surface area contributed by atoms with Crippen LogP contribution in [0.2, 0.25) is 0 Å². The molecule has 0 unspecified atom stereocenters. The standard InChI is InChI=1S/C24H31F5O/c1-3-5-16-6-8-18(9-7-16)23(4-2)14-12-17(13-15-23)19-10-11-20(22(26)21(19)25)30-24(27,28)29/h4,10-11,16-18H,2-3,5-9,12-15H2,1H3/t16-,17?,18-,23?. The van der Waals surface area contributed by atoms with Crippen LogP contribution in [0.4, 0.5) is 22.0 Å². The van der Waals surface area contributed by atoms with E-state index < -0.39 is 23.7 Å². The molecule has 1 aromatic carbocycles. The van der Waals surface area contributed by atoms with Crippen molar-refractivity contribution in [3.05, 3.63) is 42.0 Å². The Labute approximate surface area is 175 Å². The minimum absolute atomic E-state index is 0.0298. The molecule has 0 amide bonds. The van der Waals surface area contributed by atoms with Gasteiger partial charge in [-0.2, -0.15) is 4.39 Å². The molecule has 0 saturated heterocycles. The molecule has 2 aliphatic carbocycles. The normalized spacial score (nSPS) is 30.1. The Morgan fingerprint density at radius 3 is 2.20 bits per heavy atom. The summed E-state index contributed by atoms with van der Waals surface area (Å²) in [6.45, 7) is 6.33. The smallest absolute Gasteiger partial charge is 0.403 e. The van der Waals surface area contributed by atoms with Gasteiger partial charge in [0.15, 0.2) is 11.6 Å². The van der Waals surface area contributed by atoms with Crippen molar-refractivity contribution >= 4 is 0 Å². The van der Waals surface area contributed by atoms with Crippen molar-refractivity contribution < 1.29 is 26.7 Å². The Morgan fingerprint density at radius 1 is 1.03 bits per heavy atom. The minimum Gasteiger partial charge on any atom is -0.403 e. The van der Waals surface area contributed by atoms with Gasteiger partial charge >= 0.3 is 6.36 Å². The van der Waals surface area contributed by atoms with E-state index in [2.05, 4.69) is 24.3 Å². The van der Waals surface area contributed by atoms with Crippen LogP contribution in [-0.2, 0) is 0 Å². The van der Waals surface area contributed by atoms with Crippen LogP contribution in [0.5, 0.6) is 5.75 Å². The molecular formula is C24H31F5O. The van der Waals surface area contributed by atoms with Crippen LogP contribution in [0, 0.1) is 28.9 Å². The summed E-state index contributed by atoms with van der Waals surface area (Å²) in [5.74, 6) is -2.73. The van der Waals surface area contributed by atoms with Gasteiger partial charge in [0.2, 0.25) is 5.82 Å². The molecule has 168 valence electrons. The van der Waals surface area contributed by atoms with E-state index in [-0.39, 0.29) is 16.9 Å². The van der Waals surface area contributed by atoms with E-state index in [0.29, 0.717) is 18.8 Å². The van der Waals surface area contributed by atoms with Gasteiger partial charge in [0.05, 0.1) is 0 Å². The molecule has 30 heavy (non-hydrogen) atoms. The predicted molar refractivity (Wildman–Crippen MR) is 107 cm³/mol. The molecule has 0 bridgehead atoms. The third kappa shape index (κ3) is 5.00. The summed E-state index contributed by atoms with van der Waals surface area (Å²) < 4.78 is 69.3. The van der Waals surface area contributed by atoms with Crippen molar-refractivity contribution in [2.24, 2.45) is 17.3 Å². The molecule has 0 spiro atoms. The lowest BCUT2D eigenvalue weighted by Crippen LogP contribution is -2.35. The zero-order valence-electron chi connectivity index (χ0n) is 17.5. The molecule has 0 aliphatic heterocycles. The van der Waals surface area contributed by atoms with Gasteiger partial charge in [0, 0.05) is 0 Å². The largest absolute Gasteiger partial charge is 0.573 e. The molecule has 2 saturated carbocycles. The zero-order chi connectivity index (χ0) is 21.9. The van der Waals surface area contributed by atoms with Crippen molar-refractivity contribution in [2.75, 3.05) is 0 Å². The highest BCUT2D eigenvalue weighted by molar-refractivity contribution is 5.33. The molecule has 6 heteroatoms. The molecule has 1 aromatic rings. The summed E-state index contributed by atoms with van der Waals surface area (Å²) >= 11 is 0. The summed E-state index contributed by atoms with van der Waals surface area (Å²) in [6, 6.07) is 2.12. The van der Waals surface area contributed by atoms with Gasteiger partial charge in [0.25, 0.3) is 0 Å². The quantitative estimate of drug-likeness (QED) is 0.326. The van der Waals surface area contributed by atoms with Gasteiger partial charge in [0.1, 0.15) is 0 Å². The Balaban J connectivity index is 1.67. The fourth-order valence-corrected chi connectivity index (χ4v) is 5.75. The Hall–Kier alpha value is -1.59. The van der Waals surface area contributed by atoms with Crippen LogP contribution in [0.3, 0.4) is 0 Å². The fourth-order valence-electron chi connectivity index (χ4n) is 5.75. The second-order valence-electron chi connectivity index (χ2n) is 9.05. The predicted octanol–water partition coefficient (Wildman–Crippen LogP) is 8.30. The van der Waals surface area contributed by atoms with Crippen LogP contribution in [-0.4, -0.2) is 6.36 Å². The maximum Gasteiger partial charge on any atom is 0.573 e. The molecule has 0 aromatic heterocycles. The molecule has 2 fully saturated rings. The number of hydrogen-bond acceptors (Lipinski definition) is 1. The second-order valence-corrected chi connectivity index (χ2v) is 9.05. The van der Waals surface area contributed by atoms with Crippen LogP contribution in [0.1, 0.15) is 82.6 Å². The highest BCUT2D eigenvalue weighted by Gasteiger charge is 2.42. The van der Waals surface area contributed by atoms with Gasteiger partial charge < -0.3 is 4.74 Å². The van der Waals surface area contributed by atoms with Crippen molar-refractivity contribution in [1.29, 1.82) is 0 Å². The molecule has 1 nitrogen and oxygen atoms in total. The van der Waals surface area contributed by atoms with E-state index in [4.69, 9.17) is 0 Å². The van der Waals surface area contributed by atoms with Gasteiger partial charge in [-0.15, -0.1) is 19.8 Å². The monoisotopic (exact) mass is 430 g/mol.